The van der Waals surface area contributed by atoms with Gasteiger partial charge < -0.3 is 59.6 Å². The average Bonchev–Trinajstić information content (AvgIpc) is 2.95. The molecule has 1 aliphatic carbocycles. The van der Waals surface area contributed by atoms with Crippen molar-refractivity contribution in [1.29, 1.82) is 0 Å². The van der Waals surface area contributed by atoms with E-state index in [9.17, 15) is 10.2 Å². The van der Waals surface area contributed by atoms with Crippen LogP contribution in [0.2, 0.25) is 48.4 Å². The molecule has 6 saturated heterocycles. The van der Waals surface area contributed by atoms with Crippen molar-refractivity contribution in [3.63, 3.8) is 0 Å². The van der Waals surface area contributed by atoms with Crippen LogP contribution >= 0.6 is 0 Å². The quantitative estimate of drug-likeness (QED) is 0.135. The summed E-state index contributed by atoms with van der Waals surface area (Å²) in [6.07, 6.45) is 0.895. The lowest BCUT2D eigenvalue weighted by Gasteiger charge is -2.64. The van der Waals surface area contributed by atoms with Gasteiger partial charge in [-0.1, -0.05) is 96.9 Å². The van der Waals surface area contributed by atoms with Gasteiger partial charge in [0.1, 0.15) is 0 Å². The van der Waals surface area contributed by atoms with E-state index in [1.807, 2.05) is 0 Å². The number of hydrogen-bond acceptors (Lipinski definition) is 14. The highest BCUT2D eigenvalue weighted by Gasteiger charge is 2.83. The first-order valence-electron chi connectivity index (χ1n) is 22.6. The van der Waals surface area contributed by atoms with Crippen LogP contribution in [0, 0.1) is 47.3 Å². The second kappa shape index (κ2) is 17.9. The maximum atomic E-state index is 10.8. The predicted octanol–water partition coefficient (Wildman–Crippen LogP) is 8.27. The molecule has 7 rings (SSSR count). The van der Waals surface area contributed by atoms with E-state index in [4.69, 9.17) is 49.4 Å². The number of aliphatic hydroxyl groups is 2. The Labute approximate surface area is 358 Å². The Kier molecular flexibility index (Phi) is 15.0. The minimum atomic E-state index is -4.06. The van der Waals surface area contributed by atoms with Crippen molar-refractivity contribution in [2.75, 3.05) is 0 Å². The fourth-order valence-corrected chi connectivity index (χ4v) is 61.5. The van der Waals surface area contributed by atoms with Gasteiger partial charge in [-0.3, -0.25) is 0 Å². The molecule has 6 heterocycles. The van der Waals surface area contributed by atoms with Crippen LogP contribution in [0.1, 0.15) is 123 Å². The third kappa shape index (κ3) is 11.2. The van der Waals surface area contributed by atoms with Crippen LogP contribution in [0.15, 0.2) is 0 Å². The van der Waals surface area contributed by atoms with Gasteiger partial charge in [-0.2, -0.15) is 0 Å². The first kappa shape index (κ1) is 48.6. The van der Waals surface area contributed by atoms with Crippen molar-refractivity contribution >= 4 is 70.4 Å². The molecule has 0 amide bonds. The highest BCUT2D eigenvalue weighted by atomic mass is 28.6. The minimum absolute atomic E-state index is 0.0896. The summed E-state index contributed by atoms with van der Waals surface area (Å²) in [5.74, 6) is 0.807. The van der Waals surface area contributed by atoms with Crippen LogP contribution in [0.3, 0.4) is 0 Å². The standard InChI is InChI=1S/C36H78O14Si8/c1-27(2)20-52-39-51(18-17-34-15-16-35(37)36(38)19-34)40-53(21-28(3)4)44-55(42-52,23-30(7)8)48-58(26-33(13)14)49-56(43-52,24-31(9)10)45-54(41-51,22-29(5)6)47-57(46-53,50-58)25-32(11)12/h27-38H,15-26H2,1-14H3/t34-,35+,36-,51?,52?,53?,54?,55?,56?,57?,58?/m0/s1. The van der Waals surface area contributed by atoms with Crippen LogP contribution in [-0.4, -0.2) is 92.9 Å². The molecule has 0 aromatic rings. The van der Waals surface area contributed by atoms with Crippen LogP contribution in [0.4, 0.5) is 0 Å². The Morgan fingerprint density at radius 3 is 0.776 bits per heavy atom. The third-order valence-electron chi connectivity index (χ3n) is 11.1. The first-order valence-corrected chi connectivity index (χ1v) is 38.0. The molecule has 58 heavy (non-hydrogen) atoms. The first-order chi connectivity index (χ1) is 26.8. The maximum Gasteiger partial charge on any atom is 0.479 e. The molecule has 8 bridgehead atoms. The highest BCUT2D eigenvalue weighted by Crippen LogP contribution is 2.56. The van der Waals surface area contributed by atoms with Gasteiger partial charge in [-0.15, -0.1) is 0 Å². The van der Waals surface area contributed by atoms with E-state index in [1.54, 1.807) is 0 Å². The molecule has 22 heteroatoms. The Balaban J connectivity index is 1.70. The zero-order chi connectivity index (χ0) is 42.7. The summed E-state index contributed by atoms with van der Waals surface area (Å²) in [5.41, 5.74) is 0. The van der Waals surface area contributed by atoms with Crippen LogP contribution < -0.4 is 0 Å². The van der Waals surface area contributed by atoms with Crippen molar-refractivity contribution in [2.24, 2.45) is 47.3 Å². The molecule has 0 aromatic carbocycles. The van der Waals surface area contributed by atoms with Crippen molar-refractivity contribution < 1.29 is 59.6 Å². The second-order valence-corrected chi connectivity index (χ2v) is 45.3. The van der Waals surface area contributed by atoms with Crippen LogP contribution in [0.25, 0.3) is 0 Å². The van der Waals surface area contributed by atoms with Crippen molar-refractivity contribution in [3.05, 3.63) is 0 Å². The van der Waals surface area contributed by atoms with Gasteiger partial charge in [0.05, 0.1) is 12.2 Å². The van der Waals surface area contributed by atoms with E-state index in [2.05, 4.69) is 96.9 Å². The van der Waals surface area contributed by atoms with E-state index in [0.717, 1.165) is 6.42 Å². The van der Waals surface area contributed by atoms with Gasteiger partial charge in [-0.05, 0) is 73.0 Å². The van der Waals surface area contributed by atoms with E-state index in [-0.39, 0.29) is 47.3 Å². The molecule has 338 valence electrons. The molecule has 2 N–H and O–H groups in total. The van der Waals surface area contributed by atoms with E-state index >= 15 is 0 Å². The third-order valence-corrected chi connectivity index (χ3v) is 51.1. The molecule has 3 atom stereocenters. The number of aliphatic hydroxyl groups excluding tert-OH is 2. The topological polar surface area (TPSA) is 151 Å². The molecule has 0 aromatic heterocycles. The molecular weight excluding hydrogens is 881 g/mol. The minimum Gasteiger partial charge on any atom is -0.390 e. The summed E-state index contributed by atoms with van der Waals surface area (Å²) in [5, 5.41) is 21.3. The lowest BCUT2D eigenvalue weighted by molar-refractivity contribution is -0.0367. The Morgan fingerprint density at radius 1 is 0.345 bits per heavy atom. The molecule has 0 unspecified atom stereocenters. The highest BCUT2D eigenvalue weighted by molar-refractivity contribution is 7.03. The summed E-state index contributed by atoms with van der Waals surface area (Å²) in [6.45, 7) is 30.2. The zero-order valence-electron chi connectivity index (χ0n) is 38.1. The molecule has 0 radical (unpaired) electrons. The Hall–Kier alpha value is 1.18. The summed E-state index contributed by atoms with van der Waals surface area (Å²) in [4.78, 5) is 0. The van der Waals surface area contributed by atoms with E-state index in [0.29, 0.717) is 67.6 Å². The second-order valence-electron chi connectivity index (χ2n) is 21.2. The summed E-state index contributed by atoms with van der Waals surface area (Å²) >= 11 is 0. The smallest absolute Gasteiger partial charge is 0.390 e. The molecule has 1 saturated carbocycles. The van der Waals surface area contributed by atoms with Gasteiger partial charge in [0.15, 0.2) is 0 Å². The van der Waals surface area contributed by atoms with Crippen LogP contribution in [0.5, 0.6) is 0 Å². The predicted molar refractivity (Wildman–Crippen MR) is 235 cm³/mol. The lowest BCUT2D eigenvalue weighted by atomic mass is 9.84. The lowest BCUT2D eigenvalue weighted by Crippen LogP contribution is -2.88. The SMILES string of the molecule is CC(C)C[Si]12O[Si]3(CC[C@@H]4CC[C@@H](O)[C@@H](O)C4)O[Si]4(CC(C)C)O[Si](CC(C)C)(O1)O[Si]1(CC(C)C)O[Si](CC(C)C)(O2)O[Si](CC(C)C)(O3)O[Si](CC(C)C)(O4)O1. The molecule has 7 aliphatic rings. The Bertz CT molecular complexity index is 1260. The molecule has 14 nitrogen and oxygen atoms in total. The van der Waals surface area contributed by atoms with Gasteiger partial charge in [0.2, 0.25) is 0 Å². The van der Waals surface area contributed by atoms with Gasteiger partial charge in [0, 0.05) is 48.4 Å². The fraction of sp³-hybridized carbons (Fsp3) is 1.00. The maximum absolute atomic E-state index is 10.8. The van der Waals surface area contributed by atoms with Crippen molar-refractivity contribution in [1.82, 2.24) is 0 Å². The molecule has 6 aliphatic heterocycles. The largest absolute Gasteiger partial charge is 0.479 e. The van der Waals surface area contributed by atoms with Crippen molar-refractivity contribution in [2.45, 2.75) is 183 Å². The van der Waals surface area contributed by atoms with Crippen LogP contribution in [-0.2, 0) is 49.4 Å². The average molecular weight is 960 g/mol. The number of rotatable bonds is 17. The summed E-state index contributed by atoms with van der Waals surface area (Å²) in [7, 11) is -31.8. The van der Waals surface area contributed by atoms with Gasteiger partial charge >= 0.3 is 70.4 Å². The molecule has 7 fully saturated rings. The number of hydrogen-bond donors (Lipinski definition) is 2. The summed E-state index contributed by atoms with van der Waals surface area (Å²) < 4.78 is 93.8. The zero-order valence-corrected chi connectivity index (χ0v) is 46.1. The van der Waals surface area contributed by atoms with E-state index < -0.39 is 82.6 Å². The molecular formula is C36H78O14Si8. The fourth-order valence-electron chi connectivity index (χ4n) is 9.73. The molecule has 0 spiro atoms. The normalized spacial score (nSPS) is 44.2. The van der Waals surface area contributed by atoms with Gasteiger partial charge in [-0.25, -0.2) is 0 Å². The summed E-state index contributed by atoms with van der Waals surface area (Å²) in [6, 6.07) is 3.62. The van der Waals surface area contributed by atoms with E-state index in [1.165, 1.54) is 0 Å². The monoisotopic (exact) mass is 958 g/mol. The van der Waals surface area contributed by atoms with Gasteiger partial charge in [0.25, 0.3) is 0 Å². The van der Waals surface area contributed by atoms with Crippen molar-refractivity contribution in [3.8, 4) is 0 Å². The Morgan fingerprint density at radius 2 is 0.569 bits per heavy atom.